The van der Waals surface area contributed by atoms with Gasteiger partial charge in [-0.05, 0) is 38.0 Å². The lowest BCUT2D eigenvalue weighted by Crippen LogP contribution is -2.70. The van der Waals surface area contributed by atoms with Crippen LogP contribution in [0.2, 0.25) is 0 Å². The van der Waals surface area contributed by atoms with Crippen LogP contribution in [0.5, 0.6) is 0 Å². The molecule has 0 radical (unpaired) electrons. The van der Waals surface area contributed by atoms with Gasteiger partial charge >= 0.3 is 0 Å². The van der Waals surface area contributed by atoms with Crippen LogP contribution in [0.3, 0.4) is 0 Å². The highest BCUT2D eigenvalue weighted by Crippen LogP contribution is 2.60. The Kier molecular flexibility index (Phi) is 3.19. The summed E-state index contributed by atoms with van der Waals surface area (Å²) in [6.45, 7) is 6.46. The zero-order valence-corrected chi connectivity index (χ0v) is 13.3. The van der Waals surface area contributed by atoms with E-state index >= 15 is 0 Å². The van der Waals surface area contributed by atoms with Crippen LogP contribution in [0.15, 0.2) is 0 Å². The molecule has 5 aliphatic rings. The Morgan fingerprint density at radius 1 is 1.05 bits per heavy atom. The molecule has 5 fully saturated rings. The van der Waals surface area contributed by atoms with E-state index in [0.29, 0.717) is 17.8 Å². The third kappa shape index (κ3) is 1.81. The van der Waals surface area contributed by atoms with Gasteiger partial charge in [0.2, 0.25) is 5.79 Å². The number of hydrogen-bond acceptors (Lipinski definition) is 5. The molecule has 5 heteroatoms. The fourth-order valence-corrected chi connectivity index (χ4v) is 5.14. The number of hydrogen-bond donors (Lipinski definition) is 0. The molecule has 4 heterocycles. The molecule has 0 aromatic heterocycles. The minimum absolute atomic E-state index is 0.230. The normalized spacial score (nSPS) is 59.4. The highest BCUT2D eigenvalue weighted by atomic mass is 17.3. The summed E-state index contributed by atoms with van der Waals surface area (Å²) in [6, 6.07) is 0. The first-order valence-electron chi connectivity index (χ1n) is 8.23. The maximum Gasteiger partial charge on any atom is 0.201 e. The van der Waals surface area contributed by atoms with E-state index in [2.05, 4.69) is 13.8 Å². The molecule has 21 heavy (non-hydrogen) atoms. The predicted octanol–water partition coefficient (Wildman–Crippen LogP) is 2.84. The Bertz CT molecular complexity index is 429. The van der Waals surface area contributed by atoms with E-state index in [-0.39, 0.29) is 12.2 Å². The fourth-order valence-electron chi connectivity index (χ4n) is 5.14. The molecule has 0 aromatic carbocycles. The molecule has 1 spiro atoms. The molecule has 5 nitrogen and oxygen atoms in total. The lowest BCUT2D eigenvalue weighted by molar-refractivity contribution is -0.577. The van der Waals surface area contributed by atoms with E-state index in [4.69, 9.17) is 24.0 Å². The summed E-state index contributed by atoms with van der Waals surface area (Å²) < 4.78 is 17.9. The van der Waals surface area contributed by atoms with Crippen molar-refractivity contribution in [2.45, 2.75) is 70.4 Å². The molecule has 2 bridgehead atoms. The number of methoxy groups -OCH3 is 1. The van der Waals surface area contributed by atoms with Crippen LogP contribution in [-0.2, 0) is 24.0 Å². The van der Waals surface area contributed by atoms with Gasteiger partial charge in [-0.2, -0.15) is 0 Å². The lowest BCUT2D eigenvalue weighted by Gasteiger charge is -2.60. The molecular formula is C16H26O5. The van der Waals surface area contributed by atoms with Crippen molar-refractivity contribution < 1.29 is 24.0 Å². The molecule has 1 unspecified atom stereocenters. The second-order valence-corrected chi connectivity index (χ2v) is 7.51. The van der Waals surface area contributed by atoms with Crippen LogP contribution in [0.25, 0.3) is 0 Å². The van der Waals surface area contributed by atoms with Gasteiger partial charge in [0.25, 0.3) is 0 Å². The van der Waals surface area contributed by atoms with Crippen LogP contribution in [0, 0.1) is 23.7 Å². The largest absolute Gasteiger partial charge is 0.355 e. The van der Waals surface area contributed by atoms with Gasteiger partial charge in [-0.1, -0.05) is 13.8 Å². The maximum absolute atomic E-state index is 6.21. The first-order chi connectivity index (χ1) is 10.00. The fraction of sp³-hybridized carbons (Fsp3) is 1.00. The Labute approximate surface area is 126 Å². The van der Waals surface area contributed by atoms with E-state index in [0.717, 1.165) is 19.3 Å². The Morgan fingerprint density at radius 3 is 2.62 bits per heavy atom. The van der Waals surface area contributed by atoms with E-state index in [1.54, 1.807) is 7.11 Å². The maximum atomic E-state index is 6.21. The smallest absolute Gasteiger partial charge is 0.201 e. The highest BCUT2D eigenvalue weighted by molar-refractivity contribution is 5.08. The molecule has 120 valence electrons. The van der Waals surface area contributed by atoms with Crippen molar-refractivity contribution in [2.24, 2.45) is 23.7 Å². The molecule has 0 amide bonds. The molecule has 1 aliphatic carbocycles. The average Bonchev–Trinajstić information content (AvgIpc) is 2.69. The average molecular weight is 298 g/mol. The van der Waals surface area contributed by atoms with Crippen LogP contribution in [0.4, 0.5) is 0 Å². The van der Waals surface area contributed by atoms with Crippen LogP contribution in [0.1, 0.15) is 46.5 Å². The Morgan fingerprint density at radius 2 is 1.86 bits per heavy atom. The van der Waals surface area contributed by atoms with Crippen molar-refractivity contribution in [1.29, 1.82) is 0 Å². The molecule has 1 saturated carbocycles. The summed E-state index contributed by atoms with van der Waals surface area (Å²) in [5.41, 5.74) is -0.470. The van der Waals surface area contributed by atoms with Gasteiger partial charge < -0.3 is 14.2 Å². The standard InChI is InChI=1S/C16H26O5/c1-9-5-6-12-10(2)13(17-4)18-14-16(12)11(9)7-8-15(3,19-14)20-21-16/h9-14H,5-8H2,1-4H3/t9-,10-,11+,12+,13-,14-,15?,16-/m1/s1. The molecule has 4 saturated heterocycles. The van der Waals surface area contributed by atoms with Crippen molar-refractivity contribution in [1.82, 2.24) is 0 Å². The van der Waals surface area contributed by atoms with Crippen molar-refractivity contribution in [2.75, 3.05) is 7.11 Å². The van der Waals surface area contributed by atoms with E-state index < -0.39 is 17.7 Å². The summed E-state index contributed by atoms with van der Waals surface area (Å²) in [5, 5.41) is 0. The van der Waals surface area contributed by atoms with Gasteiger partial charge in [0.1, 0.15) is 0 Å². The van der Waals surface area contributed by atoms with Crippen molar-refractivity contribution >= 4 is 0 Å². The van der Waals surface area contributed by atoms with Crippen LogP contribution < -0.4 is 0 Å². The molecule has 5 rings (SSSR count). The first kappa shape index (κ1) is 14.4. The molecule has 0 N–H and O–H groups in total. The summed E-state index contributed by atoms with van der Waals surface area (Å²) in [7, 11) is 1.70. The number of ether oxygens (including phenoxy) is 3. The van der Waals surface area contributed by atoms with Crippen molar-refractivity contribution in [3.63, 3.8) is 0 Å². The zero-order valence-electron chi connectivity index (χ0n) is 13.3. The Balaban J connectivity index is 1.79. The van der Waals surface area contributed by atoms with Crippen LogP contribution in [-0.4, -0.2) is 31.1 Å². The van der Waals surface area contributed by atoms with Gasteiger partial charge in [-0.3, -0.25) is 0 Å². The highest BCUT2D eigenvalue weighted by Gasteiger charge is 2.69. The number of rotatable bonds is 1. The van der Waals surface area contributed by atoms with Gasteiger partial charge in [-0.25, -0.2) is 9.78 Å². The first-order valence-corrected chi connectivity index (χ1v) is 8.23. The zero-order chi connectivity index (χ0) is 14.8. The second kappa shape index (κ2) is 4.65. The van der Waals surface area contributed by atoms with Gasteiger partial charge in [0.15, 0.2) is 18.2 Å². The van der Waals surface area contributed by atoms with Crippen molar-refractivity contribution in [3.8, 4) is 0 Å². The van der Waals surface area contributed by atoms with E-state index in [1.807, 2.05) is 6.92 Å². The molecular weight excluding hydrogens is 272 g/mol. The predicted molar refractivity (Wildman–Crippen MR) is 73.8 cm³/mol. The van der Waals surface area contributed by atoms with Crippen molar-refractivity contribution in [3.05, 3.63) is 0 Å². The molecule has 8 atom stereocenters. The summed E-state index contributed by atoms with van der Waals surface area (Å²) in [6.07, 6.45) is 3.64. The summed E-state index contributed by atoms with van der Waals surface area (Å²) >= 11 is 0. The van der Waals surface area contributed by atoms with E-state index in [1.165, 1.54) is 6.42 Å². The monoisotopic (exact) mass is 298 g/mol. The van der Waals surface area contributed by atoms with E-state index in [9.17, 15) is 0 Å². The molecule has 0 aromatic rings. The van der Waals surface area contributed by atoms with Gasteiger partial charge in [0, 0.05) is 25.4 Å². The van der Waals surface area contributed by atoms with Gasteiger partial charge in [0.05, 0.1) is 0 Å². The number of fused-ring (bicyclic) bond motifs is 2. The quantitative estimate of drug-likeness (QED) is 0.697. The second-order valence-electron chi connectivity index (χ2n) is 7.51. The minimum atomic E-state index is -0.698. The van der Waals surface area contributed by atoms with Crippen LogP contribution >= 0.6 is 0 Å². The third-order valence-electron chi connectivity index (χ3n) is 6.33. The van der Waals surface area contributed by atoms with Gasteiger partial charge in [-0.15, -0.1) is 0 Å². The Hall–Kier alpha value is -0.200. The SMILES string of the molecule is CO[C@@H]1O[C@@H]2OC3(C)CC[C@H]4[C@H](C)CC[C@@H]([C@H]1C)[C@@]24OO3. The topological polar surface area (TPSA) is 46.2 Å². The summed E-state index contributed by atoms with van der Waals surface area (Å²) in [5.74, 6) is 0.953. The third-order valence-corrected chi connectivity index (χ3v) is 6.33. The lowest BCUT2D eigenvalue weighted by atomic mass is 9.58. The minimum Gasteiger partial charge on any atom is -0.355 e. The summed E-state index contributed by atoms with van der Waals surface area (Å²) in [4.78, 5) is 11.8. The molecule has 4 aliphatic heterocycles.